The lowest BCUT2D eigenvalue weighted by Gasteiger charge is -2.21. The van der Waals surface area contributed by atoms with Gasteiger partial charge in [-0.15, -0.1) is 0 Å². The van der Waals surface area contributed by atoms with Crippen LogP contribution in [0.1, 0.15) is 70.4 Å². The van der Waals surface area contributed by atoms with Crippen LogP contribution < -0.4 is 0 Å². The van der Waals surface area contributed by atoms with Gasteiger partial charge in [-0.2, -0.15) is 0 Å². The van der Waals surface area contributed by atoms with E-state index in [1.54, 1.807) is 24.3 Å². The molecule has 0 bridgehead atoms. The number of carbonyl (C=O) groups is 2. The van der Waals surface area contributed by atoms with Crippen LogP contribution in [0.2, 0.25) is 0 Å². The summed E-state index contributed by atoms with van der Waals surface area (Å²) >= 11 is 0. The zero-order valence-electron chi connectivity index (χ0n) is 18.6. The average Bonchev–Trinajstić information content (AvgIpc) is 3.25. The van der Waals surface area contributed by atoms with Crippen LogP contribution >= 0.6 is 0 Å². The van der Waals surface area contributed by atoms with Crippen molar-refractivity contribution in [1.29, 1.82) is 0 Å². The highest BCUT2D eigenvalue weighted by molar-refractivity contribution is 6.46. The van der Waals surface area contributed by atoms with Crippen LogP contribution in [0.3, 0.4) is 0 Å². The SMILES string of the molecule is O=C(O/N=C(\CC1CCCCC1)C(=O)c1ccc2c(c1)Cc1ccccc1-2)c1ccccc1. The van der Waals surface area contributed by atoms with Crippen LogP contribution in [0.4, 0.5) is 0 Å². The lowest BCUT2D eigenvalue weighted by Crippen LogP contribution is -2.21. The molecule has 4 nitrogen and oxygen atoms in total. The van der Waals surface area contributed by atoms with E-state index in [1.807, 2.05) is 36.4 Å². The molecule has 2 aliphatic rings. The molecule has 0 aliphatic heterocycles. The van der Waals surface area contributed by atoms with Crippen LogP contribution in [-0.2, 0) is 11.3 Å². The smallest absolute Gasteiger partial charge is 0.312 e. The summed E-state index contributed by atoms with van der Waals surface area (Å²) in [6.45, 7) is 0. The Morgan fingerprint density at radius 1 is 0.788 bits per heavy atom. The van der Waals surface area contributed by atoms with E-state index >= 15 is 0 Å². The number of nitrogens with zero attached hydrogens (tertiary/aromatic N) is 1. The number of ketones is 1. The Morgan fingerprint density at radius 2 is 1.52 bits per heavy atom. The van der Waals surface area contributed by atoms with Crippen LogP contribution in [-0.4, -0.2) is 17.5 Å². The molecule has 4 heteroatoms. The molecule has 3 aromatic rings. The Balaban J connectivity index is 1.40. The van der Waals surface area contributed by atoms with E-state index in [4.69, 9.17) is 4.84 Å². The summed E-state index contributed by atoms with van der Waals surface area (Å²) in [5.41, 5.74) is 6.21. The van der Waals surface area contributed by atoms with Gasteiger partial charge in [0.05, 0.1) is 5.56 Å². The Labute approximate surface area is 194 Å². The van der Waals surface area contributed by atoms with Crippen molar-refractivity contribution < 1.29 is 14.4 Å². The van der Waals surface area contributed by atoms with Gasteiger partial charge in [0.25, 0.3) is 0 Å². The van der Waals surface area contributed by atoms with Crippen LogP contribution in [0.15, 0.2) is 78.0 Å². The van der Waals surface area contributed by atoms with Crippen molar-refractivity contribution in [3.63, 3.8) is 0 Å². The maximum atomic E-state index is 13.5. The van der Waals surface area contributed by atoms with Crippen LogP contribution in [0, 0.1) is 5.92 Å². The first kappa shape index (κ1) is 21.3. The lowest BCUT2D eigenvalue weighted by atomic mass is 9.84. The summed E-state index contributed by atoms with van der Waals surface area (Å²) < 4.78 is 0. The minimum atomic E-state index is -0.547. The fourth-order valence-corrected chi connectivity index (χ4v) is 5.01. The van der Waals surface area contributed by atoms with Gasteiger partial charge in [0.2, 0.25) is 5.78 Å². The summed E-state index contributed by atoms with van der Waals surface area (Å²) in [7, 11) is 0. The van der Waals surface area contributed by atoms with E-state index in [0.29, 0.717) is 29.2 Å². The fraction of sp³-hybridized carbons (Fsp3) is 0.276. The maximum absolute atomic E-state index is 13.5. The monoisotopic (exact) mass is 437 g/mol. The van der Waals surface area contributed by atoms with E-state index in [-0.39, 0.29) is 5.78 Å². The highest BCUT2D eigenvalue weighted by atomic mass is 16.7. The summed E-state index contributed by atoms with van der Waals surface area (Å²) in [5, 5.41) is 4.12. The zero-order valence-corrected chi connectivity index (χ0v) is 18.6. The quantitative estimate of drug-likeness (QED) is 0.147. The molecule has 0 saturated heterocycles. The van der Waals surface area contributed by atoms with Crippen molar-refractivity contribution >= 4 is 17.5 Å². The van der Waals surface area contributed by atoms with Crippen LogP contribution in [0.25, 0.3) is 11.1 Å². The summed E-state index contributed by atoms with van der Waals surface area (Å²) in [4.78, 5) is 31.2. The van der Waals surface area contributed by atoms with Gasteiger partial charge in [0.1, 0.15) is 5.71 Å². The van der Waals surface area contributed by atoms with Crippen molar-refractivity contribution in [2.45, 2.75) is 44.9 Å². The molecule has 0 spiro atoms. The molecule has 33 heavy (non-hydrogen) atoms. The van der Waals surface area contributed by atoms with Crippen molar-refractivity contribution in [2.75, 3.05) is 0 Å². The molecule has 0 N–H and O–H groups in total. The molecule has 1 saturated carbocycles. The Bertz CT molecular complexity index is 1210. The lowest BCUT2D eigenvalue weighted by molar-refractivity contribution is 0.0514. The maximum Gasteiger partial charge on any atom is 0.365 e. The van der Waals surface area contributed by atoms with Gasteiger partial charge < -0.3 is 4.84 Å². The van der Waals surface area contributed by atoms with Crippen molar-refractivity contribution in [1.82, 2.24) is 0 Å². The first-order chi connectivity index (χ1) is 16.2. The third kappa shape index (κ3) is 4.65. The Hall–Kier alpha value is -3.53. The third-order valence-corrected chi connectivity index (χ3v) is 6.77. The second-order valence-electron chi connectivity index (χ2n) is 9.03. The van der Waals surface area contributed by atoms with Crippen LogP contribution in [0.5, 0.6) is 0 Å². The molecule has 0 atom stereocenters. The minimum Gasteiger partial charge on any atom is -0.312 e. The minimum absolute atomic E-state index is 0.153. The molecule has 0 radical (unpaired) electrons. The number of carbonyl (C=O) groups excluding carboxylic acids is 2. The van der Waals surface area contributed by atoms with Crippen molar-refractivity contribution in [2.24, 2.45) is 11.1 Å². The van der Waals surface area contributed by atoms with E-state index in [0.717, 1.165) is 24.8 Å². The summed E-state index contributed by atoms with van der Waals surface area (Å²) in [6.07, 6.45) is 7.12. The number of benzene rings is 3. The van der Waals surface area contributed by atoms with E-state index in [1.165, 1.54) is 36.0 Å². The van der Waals surface area contributed by atoms with Gasteiger partial charge in [-0.25, -0.2) is 4.79 Å². The number of hydrogen-bond donors (Lipinski definition) is 0. The number of Topliss-reactive ketones (excluding diaryl/α,β-unsaturated/α-hetero) is 1. The number of fused-ring (bicyclic) bond motifs is 3. The standard InChI is InChI=1S/C29H27NO3/c31-28(23-15-16-26-24(19-23)18-22-13-7-8-14-25(22)26)27(17-20-9-3-1-4-10-20)30-33-29(32)21-11-5-2-6-12-21/h2,5-8,11-16,19-20H,1,3-4,9-10,17-18H2/b30-27+. The van der Waals surface area contributed by atoms with Crippen molar-refractivity contribution in [3.8, 4) is 11.1 Å². The second kappa shape index (κ2) is 9.53. The predicted octanol–water partition coefficient (Wildman–Crippen LogP) is 6.62. The number of hydrogen-bond acceptors (Lipinski definition) is 4. The second-order valence-corrected chi connectivity index (χ2v) is 9.03. The Morgan fingerprint density at radius 3 is 2.33 bits per heavy atom. The van der Waals surface area contributed by atoms with Crippen molar-refractivity contribution in [3.05, 3.63) is 95.1 Å². The largest absolute Gasteiger partial charge is 0.365 e. The molecule has 0 amide bonds. The zero-order chi connectivity index (χ0) is 22.6. The third-order valence-electron chi connectivity index (χ3n) is 6.77. The first-order valence-electron chi connectivity index (χ1n) is 11.8. The average molecular weight is 438 g/mol. The first-order valence-corrected chi connectivity index (χ1v) is 11.8. The van der Waals surface area contributed by atoms with Gasteiger partial charge in [-0.1, -0.05) is 91.9 Å². The molecule has 0 aromatic heterocycles. The molecule has 3 aromatic carbocycles. The molecule has 0 heterocycles. The fourth-order valence-electron chi connectivity index (χ4n) is 5.01. The van der Waals surface area contributed by atoms with Gasteiger partial charge in [0.15, 0.2) is 0 Å². The predicted molar refractivity (Wildman–Crippen MR) is 129 cm³/mol. The Kier molecular flexibility index (Phi) is 6.16. The molecular weight excluding hydrogens is 410 g/mol. The molecule has 5 rings (SSSR count). The van der Waals surface area contributed by atoms with Gasteiger partial charge >= 0.3 is 5.97 Å². The normalized spacial score (nSPS) is 15.6. The number of rotatable bonds is 6. The molecule has 1 fully saturated rings. The molecule has 166 valence electrons. The summed E-state index contributed by atoms with van der Waals surface area (Å²) in [6, 6.07) is 23.0. The van der Waals surface area contributed by atoms with E-state index < -0.39 is 5.97 Å². The van der Waals surface area contributed by atoms with Gasteiger partial charge in [-0.3, -0.25) is 4.79 Å². The van der Waals surface area contributed by atoms with Gasteiger partial charge in [0, 0.05) is 5.56 Å². The molecule has 2 aliphatic carbocycles. The van der Waals surface area contributed by atoms with E-state index in [2.05, 4.69) is 17.3 Å². The summed E-state index contributed by atoms with van der Waals surface area (Å²) in [5.74, 6) is -0.301. The van der Waals surface area contributed by atoms with Gasteiger partial charge in [-0.05, 0) is 59.2 Å². The highest BCUT2D eigenvalue weighted by Gasteiger charge is 2.25. The van der Waals surface area contributed by atoms with E-state index in [9.17, 15) is 9.59 Å². The number of oxime groups is 1. The molecule has 0 unspecified atom stereocenters. The molecular formula is C29H27NO3. The topological polar surface area (TPSA) is 55.7 Å². The highest BCUT2D eigenvalue weighted by Crippen LogP contribution is 2.37.